The SMILES string of the molecule is CC(C)C1(C(C)C)CNCO1. The van der Waals surface area contributed by atoms with Crippen LogP contribution in [0.15, 0.2) is 0 Å². The van der Waals surface area contributed by atoms with E-state index < -0.39 is 0 Å². The summed E-state index contributed by atoms with van der Waals surface area (Å²) in [7, 11) is 0. The van der Waals surface area contributed by atoms with Crippen molar-refractivity contribution in [1.82, 2.24) is 5.32 Å². The van der Waals surface area contributed by atoms with Gasteiger partial charge in [0.1, 0.15) is 0 Å². The molecule has 0 aromatic rings. The average Bonchev–Trinajstić information content (AvgIpc) is 2.34. The highest BCUT2D eigenvalue weighted by Gasteiger charge is 2.40. The molecule has 0 aromatic heterocycles. The van der Waals surface area contributed by atoms with E-state index >= 15 is 0 Å². The second kappa shape index (κ2) is 3.11. The zero-order valence-corrected chi connectivity index (χ0v) is 7.98. The van der Waals surface area contributed by atoms with E-state index in [1.807, 2.05) is 0 Å². The minimum atomic E-state index is 0.0833. The molecule has 0 amide bonds. The second-order valence-electron chi connectivity index (χ2n) is 3.98. The van der Waals surface area contributed by atoms with Crippen LogP contribution < -0.4 is 5.32 Å². The molecule has 0 unspecified atom stereocenters. The van der Waals surface area contributed by atoms with E-state index in [0.29, 0.717) is 11.8 Å². The quantitative estimate of drug-likeness (QED) is 0.657. The molecular weight excluding hydrogens is 138 g/mol. The summed E-state index contributed by atoms with van der Waals surface area (Å²) in [5.41, 5.74) is 0.0833. The van der Waals surface area contributed by atoms with E-state index in [9.17, 15) is 0 Å². The van der Waals surface area contributed by atoms with Gasteiger partial charge in [-0.2, -0.15) is 0 Å². The summed E-state index contributed by atoms with van der Waals surface area (Å²) in [6.07, 6.45) is 0. The van der Waals surface area contributed by atoms with Gasteiger partial charge >= 0.3 is 0 Å². The standard InChI is InChI=1S/C9H19NO/c1-7(2)9(8(3)4)5-10-6-11-9/h7-8,10H,5-6H2,1-4H3. The maximum atomic E-state index is 5.75. The van der Waals surface area contributed by atoms with Gasteiger partial charge in [0.2, 0.25) is 0 Å². The number of rotatable bonds is 2. The first-order valence-corrected chi connectivity index (χ1v) is 4.44. The van der Waals surface area contributed by atoms with Crippen molar-refractivity contribution in [1.29, 1.82) is 0 Å². The molecular formula is C9H19NO. The molecule has 0 spiro atoms. The predicted octanol–water partition coefficient (Wildman–Crippen LogP) is 1.61. The third kappa shape index (κ3) is 1.42. The topological polar surface area (TPSA) is 21.3 Å². The van der Waals surface area contributed by atoms with Crippen LogP contribution in [0, 0.1) is 11.8 Å². The van der Waals surface area contributed by atoms with Crippen LogP contribution in [0.2, 0.25) is 0 Å². The van der Waals surface area contributed by atoms with E-state index in [-0.39, 0.29) is 5.60 Å². The van der Waals surface area contributed by atoms with Gasteiger partial charge in [-0.3, -0.25) is 5.32 Å². The van der Waals surface area contributed by atoms with Crippen molar-refractivity contribution in [3.05, 3.63) is 0 Å². The van der Waals surface area contributed by atoms with Crippen molar-refractivity contribution in [3.63, 3.8) is 0 Å². The van der Waals surface area contributed by atoms with Crippen LogP contribution in [-0.4, -0.2) is 18.9 Å². The third-order valence-corrected chi connectivity index (χ3v) is 2.80. The molecule has 1 aliphatic rings. The van der Waals surface area contributed by atoms with E-state index in [1.165, 1.54) is 0 Å². The molecule has 66 valence electrons. The molecule has 1 N–H and O–H groups in total. The van der Waals surface area contributed by atoms with Crippen molar-refractivity contribution in [2.24, 2.45) is 11.8 Å². The number of ether oxygens (including phenoxy) is 1. The summed E-state index contributed by atoms with van der Waals surface area (Å²) in [6, 6.07) is 0. The van der Waals surface area contributed by atoms with E-state index in [0.717, 1.165) is 13.3 Å². The maximum absolute atomic E-state index is 5.75. The lowest BCUT2D eigenvalue weighted by Crippen LogP contribution is -2.44. The Bertz CT molecular complexity index is 116. The van der Waals surface area contributed by atoms with Crippen LogP contribution in [-0.2, 0) is 4.74 Å². The Balaban J connectivity index is 2.70. The normalized spacial score (nSPS) is 23.5. The molecule has 0 saturated carbocycles. The largest absolute Gasteiger partial charge is 0.358 e. The van der Waals surface area contributed by atoms with Crippen LogP contribution in [0.3, 0.4) is 0 Å². The van der Waals surface area contributed by atoms with Gasteiger partial charge in [0.15, 0.2) is 0 Å². The molecule has 2 nitrogen and oxygen atoms in total. The van der Waals surface area contributed by atoms with E-state index in [2.05, 4.69) is 33.0 Å². The lowest BCUT2D eigenvalue weighted by atomic mass is 9.81. The van der Waals surface area contributed by atoms with Gasteiger partial charge in [0.25, 0.3) is 0 Å². The summed E-state index contributed by atoms with van der Waals surface area (Å²) < 4.78 is 5.75. The Labute approximate surface area is 69.3 Å². The fraction of sp³-hybridized carbons (Fsp3) is 1.00. The van der Waals surface area contributed by atoms with Gasteiger partial charge in [0.05, 0.1) is 12.3 Å². The van der Waals surface area contributed by atoms with Crippen molar-refractivity contribution in [2.75, 3.05) is 13.3 Å². The molecule has 0 aliphatic carbocycles. The second-order valence-corrected chi connectivity index (χ2v) is 3.98. The van der Waals surface area contributed by atoms with Crippen molar-refractivity contribution in [2.45, 2.75) is 33.3 Å². The fourth-order valence-electron chi connectivity index (χ4n) is 1.89. The molecule has 11 heavy (non-hydrogen) atoms. The Kier molecular flexibility index (Phi) is 2.55. The molecule has 2 heteroatoms. The van der Waals surface area contributed by atoms with Gasteiger partial charge in [-0.05, 0) is 11.8 Å². The first kappa shape index (κ1) is 9.01. The summed E-state index contributed by atoms with van der Waals surface area (Å²) in [4.78, 5) is 0. The lowest BCUT2D eigenvalue weighted by Gasteiger charge is -2.35. The number of nitrogens with one attached hydrogen (secondary N) is 1. The van der Waals surface area contributed by atoms with E-state index in [4.69, 9.17) is 4.74 Å². The Morgan fingerprint density at radius 2 is 1.73 bits per heavy atom. The van der Waals surface area contributed by atoms with Gasteiger partial charge in [-0.15, -0.1) is 0 Å². The molecule has 0 radical (unpaired) electrons. The van der Waals surface area contributed by atoms with Crippen LogP contribution in [0.5, 0.6) is 0 Å². The molecule has 1 rings (SSSR count). The van der Waals surface area contributed by atoms with Crippen LogP contribution in [0.4, 0.5) is 0 Å². The fourth-order valence-corrected chi connectivity index (χ4v) is 1.89. The van der Waals surface area contributed by atoms with E-state index in [1.54, 1.807) is 0 Å². The zero-order chi connectivity index (χ0) is 8.48. The van der Waals surface area contributed by atoms with Gasteiger partial charge in [0, 0.05) is 6.54 Å². The molecule has 0 aromatic carbocycles. The Morgan fingerprint density at radius 3 is 1.91 bits per heavy atom. The first-order valence-electron chi connectivity index (χ1n) is 4.44. The highest BCUT2D eigenvalue weighted by molar-refractivity contribution is 4.92. The highest BCUT2D eigenvalue weighted by atomic mass is 16.5. The minimum Gasteiger partial charge on any atom is -0.358 e. The highest BCUT2D eigenvalue weighted by Crippen LogP contribution is 2.31. The average molecular weight is 157 g/mol. The third-order valence-electron chi connectivity index (χ3n) is 2.80. The molecule has 1 fully saturated rings. The van der Waals surface area contributed by atoms with Crippen molar-refractivity contribution >= 4 is 0 Å². The molecule has 1 saturated heterocycles. The number of hydrogen-bond acceptors (Lipinski definition) is 2. The first-order chi connectivity index (χ1) is 5.09. The Hall–Kier alpha value is -0.0800. The summed E-state index contributed by atoms with van der Waals surface area (Å²) in [6.45, 7) is 10.6. The molecule has 0 atom stereocenters. The van der Waals surface area contributed by atoms with Crippen molar-refractivity contribution < 1.29 is 4.74 Å². The Morgan fingerprint density at radius 1 is 1.18 bits per heavy atom. The van der Waals surface area contributed by atoms with Crippen molar-refractivity contribution in [3.8, 4) is 0 Å². The monoisotopic (exact) mass is 157 g/mol. The maximum Gasteiger partial charge on any atom is 0.0974 e. The van der Waals surface area contributed by atoms with Gasteiger partial charge in [-0.1, -0.05) is 27.7 Å². The van der Waals surface area contributed by atoms with Crippen LogP contribution in [0.25, 0.3) is 0 Å². The predicted molar refractivity (Wildman–Crippen MR) is 46.4 cm³/mol. The zero-order valence-electron chi connectivity index (χ0n) is 7.98. The van der Waals surface area contributed by atoms with Gasteiger partial charge in [-0.25, -0.2) is 0 Å². The summed E-state index contributed by atoms with van der Waals surface area (Å²) in [5, 5.41) is 3.25. The van der Waals surface area contributed by atoms with Gasteiger partial charge < -0.3 is 4.74 Å². The minimum absolute atomic E-state index is 0.0833. The summed E-state index contributed by atoms with van der Waals surface area (Å²) >= 11 is 0. The van der Waals surface area contributed by atoms with Crippen LogP contribution >= 0.6 is 0 Å². The smallest absolute Gasteiger partial charge is 0.0974 e. The number of hydrogen-bond donors (Lipinski definition) is 1. The van der Waals surface area contributed by atoms with Crippen LogP contribution in [0.1, 0.15) is 27.7 Å². The molecule has 1 aliphatic heterocycles. The molecule has 0 bridgehead atoms. The lowest BCUT2D eigenvalue weighted by molar-refractivity contribution is -0.0603. The molecule has 1 heterocycles. The summed E-state index contributed by atoms with van der Waals surface area (Å²) in [5.74, 6) is 1.19.